The molecular formula is C11H21NO3. The van der Waals surface area contributed by atoms with Gasteiger partial charge in [-0.3, -0.25) is 4.79 Å². The minimum absolute atomic E-state index is 0.128. The molecule has 0 aliphatic rings. The molecule has 1 amide bonds. The van der Waals surface area contributed by atoms with Crippen molar-refractivity contribution in [1.82, 2.24) is 5.32 Å². The molecular weight excluding hydrogens is 194 g/mol. The molecule has 4 nitrogen and oxygen atoms in total. The van der Waals surface area contributed by atoms with Gasteiger partial charge >= 0.3 is 5.97 Å². The van der Waals surface area contributed by atoms with Gasteiger partial charge in [-0.15, -0.1) is 0 Å². The summed E-state index contributed by atoms with van der Waals surface area (Å²) in [6.45, 7) is 9.09. The standard InChI is InChI=1S/C11H21NO3/c1-6-11(5,9(14)15)12-8(13)7-10(2,3)4/h6-7H2,1-5H3,(H,12,13)(H,14,15). The first-order valence-electron chi connectivity index (χ1n) is 5.15. The minimum atomic E-state index is -1.15. The van der Waals surface area contributed by atoms with Gasteiger partial charge in [0.2, 0.25) is 5.91 Å². The number of hydrogen-bond donors (Lipinski definition) is 2. The summed E-state index contributed by atoms with van der Waals surface area (Å²) >= 11 is 0. The smallest absolute Gasteiger partial charge is 0.329 e. The summed E-state index contributed by atoms with van der Waals surface area (Å²) in [7, 11) is 0. The van der Waals surface area contributed by atoms with Gasteiger partial charge in [0.25, 0.3) is 0 Å². The quantitative estimate of drug-likeness (QED) is 0.751. The minimum Gasteiger partial charge on any atom is -0.480 e. The van der Waals surface area contributed by atoms with Gasteiger partial charge in [0.15, 0.2) is 0 Å². The molecule has 0 bridgehead atoms. The van der Waals surface area contributed by atoms with Crippen molar-refractivity contribution < 1.29 is 14.7 Å². The first-order chi connectivity index (χ1) is 6.60. The second kappa shape index (κ2) is 4.64. The zero-order chi connectivity index (χ0) is 12.3. The Morgan fingerprint density at radius 3 is 1.93 bits per heavy atom. The van der Waals surface area contributed by atoms with E-state index in [0.717, 1.165) is 0 Å². The second-order valence-electron chi connectivity index (χ2n) is 5.28. The molecule has 0 spiro atoms. The van der Waals surface area contributed by atoms with Crippen molar-refractivity contribution in [2.45, 2.75) is 53.0 Å². The Bertz CT molecular complexity index is 255. The van der Waals surface area contributed by atoms with Gasteiger partial charge in [0.1, 0.15) is 5.54 Å². The van der Waals surface area contributed by atoms with Gasteiger partial charge in [-0.25, -0.2) is 4.79 Å². The summed E-state index contributed by atoms with van der Waals surface area (Å²) in [5.41, 5.74) is -1.28. The van der Waals surface area contributed by atoms with Crippen LogP contribution in [0.5, 0.6) is 0 Å². The molecule has 2 N–H and O–H groups in total. The van der Waals surface area contributed by atoms with Crippen LogP contribution >= 0.6 is 0 Å². The van der Waals surface area contributed by atoms with Crippen molar-refractivity contribution in [1.29, 1.82) is 0 Å². The van der Waals surface area contributed by atoms with Crippen molar-refractivity contribution >= 4 is 11.9 Å². The molecule has 0 heterocycles. The van der Waals surface area contributed by atoms with Gasteiger partial charge in [-0.1, -0.05) is 27.7 Å². The zero-order valence-corrected chi connectivity index (χ0v) is 10.2. The van der Waals surface area contributed by atoms with E-state index in [-0.39, 0.29) is 11.3 Å². The second-order valence-corrected chi connectivity index (χ2v) is 5.28. The van der Waals surface area contributed by atoms with Crippen molar-refractivity contribution in [3.63, 3.8) is 0 Å². The number of rotatable bonds is 4. The van der Waals surface area contributed by atoms with Gasteiger partial charge in [0.05, 0.1) is 0 Å². The molecule has 1 unspecified atom stereocenters. The van der Waals surface area contributed by atoms with E-state index in [0.29, 0.717) is 12.8 Å². The summed E-state index contributed by atoms with van der Waals surface area (Å²) in [5, 5.41) is 11.5. The fourth-order valence-electron chi connectivity index (χ4n) is 1.13. The molecule has 88 valence electrons. The highest BCUT2D eigenvalue weighted by Gasteiger charge is 2.33. The maximum Gasteiger partial charge on any atom is 0.329 e. The van der Waals surface area contributed by atoms with Crippen LogP contribution in [0, 0.1) is 5.41 Å². The van der Waals surface area contributed by atoms with Crippen LogP contribution in [0.2, 0.25) is 0 Å². The Balaban J connectivity index is 4.45. The van der Waals surface area contributed by atoms with Crippen LogP contribution in [-0.2, 0) is 9.59 Å². The Morgan fingerprint density at radius 2 is 1.67 bits per heavy atom. The highest BCUT2D eigenvalue weighted by atomic mass is 16.4. The third kappa shape index (κ3) is 4.81. The number of hydrogen-bond acceptors (Lipinski definition) is 2. The molecule has 0 aromatic carbocycles. The lowest BCUT2D eigenvalue weighted by molar-refractivity contribution is -0.147. The number of carbonyl (C=O) groups excluding carboxylic acids is 1. The van der Waals surface area contributed by atoms with E-state index < -0.39 is 11.5 Å². The summed E-state index contributed by atoms with van der Waals surface area (Å²) in [6.07, 6.45) is 0.702. The van der Waals surface area contributed by atoms with Crippen molar-refractivity contribution in [3.05, 3.63) is 0 Å². The number of nitrogens with one attached hydrogen (secondary N) is 1. The molecule has 0 rings (SSSR count). The molecule has 0 fully saturated rings. The molecule has 0 saturated heterocycles. The molecule has 0 aliphatic heterocycles. The Labute approximate surface area is 91.1 Å². The van der Waals surface area contributed by atoms with E-state index in [1.54, 1.807) is 6.92 Å². The predicted molar refractivity (Wildman–Crippen MR) is 58.5 cm³/mol. The lowest BCUT2D eigenvalue weighted by atomic mass is 9.90. The van der Waals surface area contributed by atoms with E-state index in [1.165, 1.54) is 6.92 Å². The molecule has 1 atom stereocenters. The number of carboxylic acid groups (broad SMARTS) is 1. The van der Waals surface area contributed by atoms with E-state index >= 15 is 0 Å². The third-order valence-corrected chi connectivity index (χ3v) is 2.29. The van der Waals surface area contributed by atoms with Gasteiger partial charge < -0.3 is 10.4 Å². The van der Waals surface area contributed by atoms with Gasteiger partial charge in [-0.05, 0) is 18.8 Å². The lowest BCUT2D eigenvalue weighted by Gasteiger charge is -2.26. The Morgan fingerprint density at radius 1 is 1.20 bits per heavy atom. The monoisotopic (exact) mass is 215 g/mol. The number of carbonyl (C=O) groups is 2. The van der Waals surface area contributed by atoms with E-state index in [4.69, 9.17) is 5.11 Å². The average Bonchev–Trinajstić information content (AvgIpc) is 1.99. The van der Waals surface area contributed by atoms with Crippen LogP contribution < -0.4 is 5.32 Å². The molecule has 0 aromatic heterocycles. The van der Waals surface area contributed by atoms with E-state index in [9.17, 15) is 9.59 Å². The van der Waals surface area contributed by atoms with Crippen LogP contribution in [0.3, 0.4) is 0 Å². The predicted octanol–water partition coefficient (Wildman–Crippen LogP) is 1.79. The fraction of sp³-hybridized carbons (Fsp3) is 0.818. The molecule has 4 heteroatoms. The highest BCUT2D eigenvalue weighted by molar-refractivity contribution is 5.86. The molecule has 0 aromatic rings. The third-order valence-electron chi connectivity index (χ3n) is 2.29. The summed E-state index contributed by atoms with van der Waals surface area (Å²) in [5.74, 6) is -1.21. The van der Waals surface area contributed by atoms with Gasteiger partial charge in [0, 0.05) is 6.42 Å². The summed E-state index contributed by atoms with van der Waals surface area (Å²) < 4.78 is 0. The molecule has 15 heavy (non-hydrogen) atoms. The lowest BCUT2D eigenvalue weighted by Crippen LogP contribution is -2.52. The average molecular weight is 215 g/mol. The van der Waals surface area contributed by atoms with Crippen molar-refractivity contribution in [3.8, 4) is 0 Å². The Kier molecular flexibility index (Phi) is 4.31. The van der Waals surface area contributed by atoms with E-state index in [2.05, 4.69) is 5.32 Å². The maximum absolute atomic E-state index is 11.6. The highest BCUT2D eigenvalue weighted by Crippen LogP contribution is 2.19. The maximum atomic E-state index is 11.6. The Hall–Kier alpha value is -1.06. The first kappa shape index (κ1) is 13.9. The van der Waals surface area contributed by atoms with Crippen LogP contribution in [0.1, 0.15) is 47.5 Å². The normalized spacial score (nSPS) is 15.5. The number of amides is 1. The van der Waals surface area contributed by atoms with E-state index in [1.807, 2.05) is 20.8 Å². The first-order valence-corrected chi connectivity index (χ1v) is 5.15. The SMILES string of the molecule is CCC(C)(NC(=O)CC(C)(C)C)C(=O)O. The van der Waals surface area contributed by atoms with Crippen molar-refractivity contribution in [2.24, 2.45) is 5.41 Å². The largest absolute Gasteiger partial charge is 0.480 e. The van der Waals surface area contributed by atoms with Crippen LogP contribution in [0.4, 0.5) is 0 Å². The topological polar surface area (TPSA) is 66.4 Å². The zero-order valence-electron chi connectivity index (χ0n) is 10.2. The van der Waals surface area contributed by atoms with Crippen LogP contribution in [-0.4, -0.2) is 22.5 Å². The van der Waals surface area contributed by atoms with Crippen molar-refractivity contribution in [2.75, 3.05) is 0 Å². The fourth-order valence-corrected chi connectivity index (χ4v) is 1.13. The van der Waals surface area contributed by atoms with Gasteiger partial charge in [-0.2, -0.15) is 0 Å². The summed E-state index contributed by atoms with van der Waals surface area (Å²) in [6, 6.07) is 0. The molecule has 0 aliphatic carbocycles. The molecule has 0 saturated carbocycles. The number of carboxylic acids is 1. The number of aliphatic carboxylic acids is 1. The van der Waals surface area contributed by atoms with Crippen LogP contribution in [0.25, 0.3) is 0 Å². The molecule has 0 radical (unpaired) electrons. The summed E-state index contributed by atoms with van der Waals surface area (Å²) in [4.78, 5) is 22.5. The van der Waals surface area contributed by atoms with Crippen LogP contribution in [0.15, 0.2) is 0 Å².